The van der Waals surface area contributed by atoms with Crippen molar-refractivity contribution in [1.29, 1.82) is 0 Å². The van der Waals surface area contributed by atoms with Crippen LogP contribution in [0.2, 0.25) is 0 Å². The molecule has 2 nitrogen and oxygen atoms in total. The molecule has 0 fully saturated rings. The topological polar surface area (TPSA) is 26.3 Å². The van der Waals surface area contributed by atoms with Crippen molar-refractivity contribution in [1.82, 2.24) is 0 Å². The third kappa shape index (κ3) is 2.69. The van der Waals surface area contributed by atoms with E-state index < -0.39 is 23.2 Å². The molecule has 0 saturated carbocycles. The summed E-state index contributed by atoms with van der Waals surface area (Å²) in [7, 11) is 0. The Hall–Kier alpha value is -2.23. The molecule has 20 heavy (non-hydrogen) atoms. The molecule has 0 N–H and O–H groups in total. The molecule has 0 aliphatic carbocycles. The summed E-state index contributed by atoms with van der Waals surface area (Å²) in [5, 5.41) is 0. The highest BCUT2D eigenvalue weighted by Crippen LogP contribution is 2.26. The lowest BCUT2D eigenvalue weighted by Crippen LogP contribution is -2.14. The van der Waals surface area contributed by atoms with E-state index in [1.54, 1.807) is 13.8 Å². The Balaban J connectivity index is 2.38. The van der Waals surface area contributed by atoms with Crippen LogP contribution in [0.4, 0.5) is 8.78 Å². The second kappa shape index (κ2) is 5.41. The lowest BCUT2D eigenvalue weighted by atomic mass is 10.1. The summed E-state index contributed by atoms with van der Waals surface area (Å²) in [6.07, 6.45) is 0. The number of hydrogen-bond acceptors (Lipinski definition) is 2. The van der Waals surface area contributed by atoms with Gasteiger partial charge in [0.25, 0.3) is 0 Å². The van der Waals surface area contributed by atoms with E-state index in [9.17, 15) is 13.6 Å². The summed E-state index contributed by atoms with van der Waals surface area (Å²) in [6, 6.07) is 6.92. The first-order chi connectivity index (χ1) is 9.40. The number of esters is 1. The maximum atomic E-state index is 13.5. The molecule has 0 saturated heterocycles. The van der Waals surface area contributed by atoms with Crippen molar-refractivity contribution in [3.05, 3.63) is 64.2 Å². The van der Waals surface area contributed by atoms with Gasteiger partial charge in [-0.3, -0.25) is 0 Å². The standard InChI is InChI=1S/C16H14F2O2/c1-9-7-10(2)15(11(3)8-9)20-16(19)14-12(17)5-4-6-13(14)18/h4-8H,1-3H3. The molecule has 0 heterocycles. The van der Waals surface area contributed by atoms with Gasteiger partial charge in [-0.15, -0.1) is 0 Å². The van der Waals surface area contributed by atoms with Crippen molar-refractivity contribution in [2.24, 2.45) is 0 Å². The minimum absolute atomic E-state index is 0.336. The van der Waals surface area contributed by atoms with Crippen molar-refractivity contribution < 1.29 is 18.3 Å². The second-order valence-corrected chi connectivity index (χ2v) is 4.71. The van der Waals surface area contributed by atoms with Gasteiger partial charge >= 0.3 is 5.97 Å². The van der Waals surface area contributed by atoms with Crippen LogP contribution < -0.4 is 4.74 Å². The maximum absolute atomic E-state index is 13.5. The number of halogens is 2. The molecule has 0 atom stereocenters. The number of carbonyl (C=O) groups is 1. The number of ether oxygens (including phenoxy) is 1. The summed E-state index contributed by atoms with van der Waals surface area (Å²) in [6.45, 7) is 5.47. The highest BCUT2D eigenvalue weighted by atomic mass is 19.1. The van der Waals surface area contributed by atoms with Crippen LogP contribution in [0.3, 0.4) is 0 Å². The van der Waals surface area contributed by atoms with E-state index in [0.717, 1.165) is 28.8 Å². The van der Waals surface area contributed by atoms with E-state index in [2.05, 4.69) is 0 Å². The Morgan fingerprint density at radius 3 is 2.00 bits per heavy atom. The monoisotopic (exact) mass is 276 g/mol. The van der Waals surface area contributed by atoms with Crippen molar-refractivity contribution in [2.45, 2.75) is 20.8 Å². The number of benzene rings is 2. The van der Waals surface area contributed by atoms with Gasteiger partial charge in [0.2, 0.25) is 0 Å². The van der Waals surface area contributed by atoms with E-state index in [1.807, 2.05) is 19.1 Å². The summed E-state index contributed by atoms with van der Waals surface area (Å²) in [4.78, 5) is 11.9. The van der Waals surface area contributed by atoms with Gasteiger partial charge in [0, 0.05) is 0 Å². The van der Waals surface area contributed by atoms with E-state index in [-0.39, 0.29) is 0 Å². The molecule has 4 heteroatoms. The van der Waals surface area contributed by atoms with Crippen LogP contribution in [0, 0.1) is 32.4 Å². The molecular formula is C16H14F2O2. The minimum atomic E-state index is -1.03. The van der Waals surface area contributed by atoms with Crippen LogP contribution >= 0.6 is 0 Å². The maximum Gasteiger partial charge on any atom is 0.349 e. The van der Waals surface area contributed by atoms with E-state index >= 15 is 0 Å². The Morgan fingerprint density at radius 2 is 1.50 bits per heavy atom. The SMILES string of the molecule is Cc1cc(C)c(OC(=O)c2c(F)cccc2F)c(C)c1. The Kier molecular flexibility index (Phi) is 3.84. The fourth-order valence-electron chi connectivity index (χ4n) is 2.16. The fraction of sp³-hybridized carbons (Fsp3) is 0.188. The van der Waals surface area contributed by atoms with Gasteiger partial charge in [0.15, 0.2) is 0 Å². The van der Waals surface area contributed by atoms with Crippen LogP contribution in [0.25, 0.3) is 0 Å². The van der Waals surface area contributed by atoms with Gasteiger partial charge in [-0.1, -0.05) is 23.8 Å². The third-order valence-electron chi connectivity index (χ3n) is 2.97. The predicted molar refractivity (Wildman–Crippen MR) is 72.0 cm³/mol. The zero-order valence-corrected chi connectivity index (χ0v) is 11.5. The molecule has 104 valence electrons. The van der Waals surface area contributed by atoms with Crippen molar-refractivity contribution in [3.8, 4) is 5.75 Å². The minimum Gasteiger partial charge on any atom is -0.422 e. The molecule has 0 bridgehead atoms. The van der Waals surface area contributed by atoms with E-state index in [4.69, 9.17) is 4.74 Å². The van der Waals surface area contributed by atoms with Crippen LogP contribution in [0.5, 0.6) is 5.75 Å². The summed E-state index contributed by atoms with van der Waals surface area (Å²) >= 11 is 0. The highest BCUT2D eigenvalue weighted by Gasteiger charge is 2.20. The fourth-order valence-corrected chi connectivity index (χ4v) is 2.16. The van der Waals surface area contributed by atoms with Crippen molar-refractivity contribution in [2.75, 3.05) is 0 Å². The molecule has 2 aromatic carbocycles. The van der Waals surface area contributed by atoms with Gasteiger partial charge in [0.05, 0.1) is 0 Å². The van der Waals surface area contributed by atoms with Gasteiger partial charge in [0.1, 0.15) is 22.9 Å². The number of rotatable bonds is 2. The quantitative estimate of drug-likeness (QED) is 0.609. The third-order valence-corrected chi connectivity index (χ3v) is 2.97. The smallest absolute Gasteiger partial charge is 0.349 e. The summed E-state index contributed by atoms with van der Waals surface area (Å²) in [5.41, 5.74) is 1.84. The molecule has 0 spiro atoms. The molecule has 0 aliphatic heterocycles. The molecule has 2 rings (SSSR count). The first kappa shape index (κ1) is 14.2. The summed E-state index contributed by atoms with van der Waals surface area (Å²) < 4.78 is 32.2. The summed E-state index contributed by atoms with van der Waals surface area (Å²) in [5.74, 6) is -2.56. The lowest BCUT2D eigenvalue weighted by molar-refractivity contribution is 0.0722. The predicted octanol–water partition coefficient (Wildman–Crippen LogP) is 4.11. The second-order valence-electron chi connectivity index (χ2n) is 4.71. The van der Waals surface area contributed by atoms with Gasteiger partial charge in [-0.25, -0.2) is 13.6 Å². The molecule has 0 unspecified atom stereocenters. The first-order valence-electron chi connectivity index (χ1n) is 6.14. The Bertz CT molecular complexity index is 635. The average Bonchev–Trinajstić information content (AvgIpc) is 2.33. The van der Waals surface area contributed by atoms with Crippen LogP contribution in [0.1, 0.15) is 27.0 Å². The lowest BCUT2D eigenvalue weighted by Gasteiger charge is -2.12. The highest BCUT2D eigenvalue weighted by molar-refractivity contribution is 5.92. The number of aryl methyl sites for hydroxylation is 3. The average molecular weight is 276 g/mol. The molecule has 0 radical (unpaired) electrons. The van der Waals surface area contributed by atoms with E-state index in [1.165, 1.54) is 6.07 Å². The van der Waals surface area contributed by atoms with Crippen molar-refractivity contribution in [3.63, 3.8) is 0 Å². The normalized spacial score (nSPS) is 10.4. The Morgan fingerprint density at radius 1 is 1.00 bits per heavy atom. The van der Waals surface area contributed by atoms with Crippen LogP contribution in [-0.4, -0.2) is 5.97 Å². The Labute approximate surface area is 116 Å². The molecule has 0 aliphatic rings. The van der Waals surface area contributed by atoms with E-state index in [0.29, 0.717) is 5.75 Å². The van der Waals surface area contributed by atoms with Gasteiger partial charge in [-0.2, -0.15) is 0 Å². The molecule has 0 aromatic heterocycles. The zero-order valence-electron chi connectivity index (χ0n) is 11.5. The van der Waals surface area contributed by atoms with Crippen LogP contribution in [0.15, 0.2) is 30.3 Å². The number of carbonyl (C=O) groups excluding carboxylic acids is 1. The molecule has 0 amide bonds. The van der Waals surface area contributed by atoms with Gasteiger partial charge < -0.3 is 4.74 Å². The van der Waals surface area contributed by atoms with Gasteiger partial charge in [-0.05, 0) is 44.0 Å². The van der Waals surface area contributed by atoms with Crippen LogP contribution in [-0.2, 0) is 0 Å². The van der Waals surface area contributed by atoms with Crippen molar-refractivity contribution >= 4 is 5.97 Å². The largest absolute Gasteiger partial charge is 0.422 e. The molecule has 2 aromatic rings. The first-order valence-corrected chi connectivity index (χ1v) is 6.14. The zero-order chi connectivity index (χ0) is 14.9. The number of hydrogen-bond donors (Lipinski definition) is 0. The molecular weight excluding hydrogens is 262 g/mol.